The van der Waals surface area contributed by atoms with E-state index in [4.69, 9.17) is 0 Å². The molecule has 3 rings (SSSR count). The lowest BCUT2D eigenvalue weighted by Gasteiger charge is -2.04. The van der Waals surface area contributed by atoms with Crippen molar-refractivity contribution in [3.05, 3.63) is 52.3 Å². The zero-order chi connectivity index (χ0) is 15.0. The Kier molecular flexibility index (Phi) is 3.46. The largest absolute Gasteiger partial charge is 0.321 e. The van der Waals surface area contributed by atoms with Crippen molar-refractivity contribution in [1.82, 2.24) is 0 Å². The zero-order valence-corrected chi connectivity index (χ0v) is 13.1. The van der Waals surface area contributed by atoms with Gasteiger partial charge < -0.3 is 0 Å². The fourth-order valence-corrected chi connectivity index (χ4v) is 2.86. The first-order valence-corrected chi connectivity index (χ1v) is 7.44. The predicted octanol–water partition coefficient (Wildman–Crippen LogP) is 3.07. The Morgan fingerprint density at radius 2 is 1.90 bits per heavy atom. The average molecular weight is 277 g/mol. The SMILES string of the molecule is Cc1cc(/C=C2\N=CC=[NH+]2)c2c(C)ccc(C(C)C)cc1-2. The fourth-order valence-electron chi connectivity index (χ4n) is 2.86. The molecule has 1 aliphatic heterocycles. The van der Waals surface area contributed by atoms with E-state index < -0.39 is 0 Å². The first-order chi connectivity index (χ1) is 10.1. The van der Waals surface area contributed by atoms with E-state index in [1.54, 1.807) is 6.21 Å². The number of rotatable bonds is 2. The molecule has 3 aliphatic rings. The van der Waals surface area contributed by atoms with Gasteiger partial charge in [0.2, 0.25) is 0 Å². The minimum atomic E-state index is 0.534. The van der Waals surface area contributed by atoms with Crippen LogP contribution in [-0.2, 0) is 0 Å². The van der Waals surface area contributed by atoms with Gasteiger partial charge in [0, 0.05) is 6.08 Å². The molecular formula is C19H21N2+. The highest BCUT2D eigenvalue weighted by atomic mass is 15.0. The van der Waals surface area contributed by atoms with Gasteiger partial charge >= 0.3 is 5.82 Å². The molecule has 0 aromatic heterocycles. The number of aryl methyl sites for hydroxylation is 2. The lowest BCUT2D eigenvalue weighted by Crippen LogP contribution is -2.63. The monoisotopic (exact) mass is 277 g/mol. The molecule has 0 saturated heterocycles. The van der Waals surface area contributed by atoms with Crippen molar-refractivity contribution in [2.45, 2.75) is 33.6 Å². The number of nitrogens with zero attached hydrogens (tertiary/aromatic N) is 1. The van der Waals surface area contributed by atoms with Crippen LogP contribution >= 0.6 is 0 Å². The second-order valence-electron chi connectivity index (χ2n) is 6.01. The normalized spacial score (nSPS) is 15.8. The number of nitrogens with one attached hydrogen (secondary N) is 1. The number of aliphatic imine (C=N–C) groups is 1. The molecule has 2 nitrogen and oxygen atoms in total. The van der Waals surface area contributed by atoms with E-state index in [-0.39, 0.29) is 0 Å². The standard InChI is InChI=1S/C19H20N2/c1-12(2)15-6-5-13(3)19-16(9-14(4)17(19)10-15)11-18-20-7-8-21-18/h5-12H,1-4H3/p+1. The summed E-state index contributed by atoms with van der Waals surface area (Å²) in [6.45, 7) is 8.85. The molecule has 2 heteroatoms. The van der Waals surface area contributed by atoms with Gasteiger partial charge in [0.05, 0.1) is 0 Å². The maximum atomic E-state index is 4.31. The smallest absolute Gasteiger partial charge is 0.240 e. The molecule has 0 fully saturated rings. The minimum Gasteiger partial charge on any atom is -0.240 e. The van der Waals surface area contributed by atoms with Crippen molar-refractivity contribution in [1.29, 1.82) is 0 Å². The molecule has 0 amide bonds. The third kappa shape index (κ3) is 2.54. The first kappa shape index (κ1) is 13.7. The maximum Gasteiger partial charge on any atom is 0.321 e. The quantitative estimate of drug-likeness (QED) is 0.873. The van der Waals surface area contributed by atoms with Crippen LogP contribution in [0, 0.1) is 13.8 Å². The molecule has 0 radical (unpaired) electrons. The van der Waals surface area contributed by atoms with E-state index in [0.29, 0.717) is 5.92 Å². The highest BCUT2D eigenvalue weighted by molar-refractivity contribution is 6.14. The van der Waals surface area contributed by atoms with Gasteiger partial charge in [-0.05, 0) is 58.1 Å². The van der Waals surface area contributed by atoms with Gasteiger partial charge in [-0.3, -0.25) is 0 Å². The van der Waals surface area contributed by atoms with Gasteiger partial charge in [-0.2, -0.15) is 0 Å². The summed E-state index contributed by atoms with van der Waals surface area (Å²) in [5.41, 5.74) is 7.92. The van der Waals surface area contributed by atoms with E-state index in [1.807, 2.05) is 6.21 Å². The van der Waals surface area contributed by atoms with Crippen LogP contribution in [0.15, 0.2) is 35.1 Å². The fraction of sp³-hybridized carbons (Fsp3) is 0.263. The van der Waals surface area contributed by atoms with Crippen LogP contribution in [0.1, 0.15) is 42.0 Å². The van der Waals surface area contributed by atoms with Crippen LogP contribution in [-0.4, -0.2) is 12.4 Å². The van der Waals surface area contributed by atoms with Crippen LogP contribution in [0.3, 0.4) is 0 Å². The van der Waals surface area contributed by atoms with Crippen molar-refractivity contribution in [2.75, 3.05) is 0 Å². The number of fused-ring (bicyclic) bond motifs is 1. The van der Waals surface area contributed by atoms with Gasteiger partial charge in [0.15, 0.2) is 6.21 Å². The summed E-state index contributed by atoms with van der Waals surface area (Å²) in [5, 5.41) is 0. The molecule has 0 bridgehead atoms. The van der Waals surface area contributed by atoms with E-state index in [0.717, 1.165) is 5.82 Å². The van der Waals surface area contributed by atoms with E-state index in [2.05, 4.69) is 68.0 Å². The highest BCUT2D eigenvalue weighted by Crippen LogP contribution is 2.36. The molecule has 0 atom stereocenters. The predicted molar refractivity (Wildman–Crippen MR) is 90.1 cm³/mol. The molecule has 0 aromatic rings. The van der Waals surface area contributed by atoms with Gasteiger partial charge in [0.25, 0.3) is 0 Å². The second kappa shape index (κ2) is 5.28. The van der Waals surface area contributed by atoms with Crippen LogP contribution in [0.4, 0.5) is 0 Å². The zero-order valence-electron chi connectivity index (χ0n) is 13.1. The summed E-state index contributed by atoms with van der Waals surface area (Å²) in [6, 6.07) is 9.07. The molecule has 106 valence electrons. The van der Waals surface area contributed by atoms with Gasteiger partial charge in [-0.15, -0.1) is 0 Å². The second-order valence-corrected chi connectivity index (χ2v) is 6.01. The van der Waals surface area contributed by atoms with Crippen LogP contribution in [0.2, 0.25) is 0 Å². The van der Waals surface area contributed by atoms with Gasteiger partial charge in [0.1, 0.15) is 6.21 Å². The third-order valence-electron chi connectivity index (χ3n) is 4.06. The molecule has 21 heavy (non-hydrogen) atoms. The average Bonchev–Trinajstić information content (AvgIpc) is 2.98. The third-order valence-corrected chi connectivity index (χ3v) is 4.06. The summed E-state index contributed by atoms with van der Waals surface area (Å²) in [4.78, 5) is 7.46. The maximum absolute atomic E-state index is 4.31. The van der Waals surface area contributed by atoms with Crippen molar-refractivity contribution in [2.24, 2.45) is 4.99 Å². The summed E-state index contributed by atoms with van der Waals surface area (Å²) in [6.07, 6.45) is 5.76. The van der Waals surface area contributed by atoms with Crippen molar-refractivity contribution >= 4 is 18.5 Å². The molecule has 0 saturated carbocycles. The molecule has 0 aromatic carbocycles. The molecule has 2 aliphatic carbocycles. The summed E-state index contributed by atoms with van der Waals surface area (Å²) >= 11 is 0. The Morgan fingerprint density at radius 1 is 1.10 bits per heavy atom. The Hall–Kier alpha value is -2.22. The van der Waals surface area contributed by atoms with Crippen LogP contribution in [0.25, 0.3) is 17.2 Å². The van der Waals surface area contributed by atoms with E-state index in [9.17, 15) is 0 Å². The molecular weight excluding hydrogens is 256 g/mol. The van der Waals surface area contributed by atoms with Gasteiger partial charge in [-0.1, -0.05) is 38.1 Å². The summed E-state index contributed by atoms with van der Waals surface area (Å²) in [7, 11) is 0. The van der Waals surface area contributed by atoms with Crippen LogP contribution < -0.4 is 4.99 Å². The van der Waals surface area contributed by atoms with E-state index in [1.165, 1.54) is 33.4 Å². The minimum absolute atomic E-state index is 0.534. The lowest BCUT2D eigenvalue weighted by atomic mass is 10.0. The Labute approximate surface area is 126 Å². The Balaban J connectivity index is 2.21. The summed E-state index contributed by atoms with van der Waals surface area (Å²) in [5.74, 6) is 1.43. The highest BCUT2D eigenvalue weighted by Gasteiger charge is 2.17. The summed E-state index contributed by atoms with van der Waals surface area (Å²) < 4.78 is 0. The molecule has 0 spiro atoms. The molecule has 0 unspecified atom stereocenters. The van der Waals surface area contributed by atoms with Crippen molar-refractivity contribution < 1.29 is 4.99 Å². The topological polar surface area (TPSA) is 26.3 Å². The molecule has 1 N–H and O–H groups in total. The van der Waals surface area contributed by atoms with E-state index >= 15 is 0 Å². The first-order valence-electron chi connectivity index (χ1n) is 7.44. The molecule has 1 heterocycles. The van der Waals surface area contributed by atoms with Crippen molar-refractivity contribution in [3.8, 4) is 11.1 Å². The number of hydrogen-bond donors (Lipinski definition) is 1. The lowest BCUT2D eigenvalue weighted by molar-refractivity contribution is -0.385. The van der Waals surface area contributed by atoms with Gasteiger partial charge in [-0.25, -0.2) is 4.99 Å². The Morgan fingerprint density at radius 3 is 2.57 bits per heavy atom. The van der Waals surface area contributed by atoms with Crippen LogP contribution in [0.5, 0.6) is 0 Å². The van der Waals surface area contributed by atoms with Crippen molar-refractivity contribution in [3.63, 3.8) is 0 Å². The number of hydrogen-bond acceptors (Lipinski definition) is 1. The Bertz CT molecular complexity index is 735.